The molecule has 2 aliphatic rings. The van der Waals surface area contributed by atoms with Crippen molar-refractivity contribution in [3.05, 3.63) is 36.4 Å². The molecule has 2 aromatic heterocycles. The monoisotopic (exact) mass is 441 g/mol. The molecule has 0 spiro atoms. The fourth-order valence-electron chi connectivity index (χ4n) is 4.42. The van der Waals surface area contributed by atoms with Gasteiger partial charge < -0.3 is 20.7 Å². The van der Waals surface area contributed by atoms with Gasteiger partial charge in [0.1, 0.15) is 5.82 Å². The Balaban J connectivity index is 1.36. The molecule has 2 heterocycles. The topological polar surface area (TPSA) is 71.1 Å². The molecule has 2 saturated carbocycles. The second-order valence-electron chi connectivity index (χ2n) is 9.86. The fourth-order valence-corrected chi connectivity index (χ4v) is 4.42. The Morgan fingerprint density at radius 3 is 2.62 bits per heavy atom. The van der Waals surface area contributed by atoms with Crippen LogP contribution in [0, 0.1) is 11.2 Å². The predicted octanol–water partition coefficient (Wildman–Crippen LogP) is 4.84. The number of nitrogens with zero attached hydrogens (tertiary/aromatic N) is 2. The van der Waals surface area contributed by atoms with Gasteiger partial charge in [-0.15, -0.1) is 0 Å². The molecule has 2 fully saturated rings. The van der Waals surface area contributed by atoms with Crippen LogP contribution in [0.2, 0.25) is 0 Å². The molecule has 0 aromatic carbocycles. The van der Waals surface area contributed by atoms with Gasteiger partial charge in [-0.25, -0.2) is 9.37 Å². The molecule has 0 amide bonds. The number of anilines is 2. The van der Waals surface area contributed by atoms with Crippen LogP contribution >= 0.6 is 0 Å². The van der Waals surface area contributed by atoms with E-state index in [1.165, 1.54) is 19.0 Å². The molecule has 1 unspecified atom stereocenters. The van der Waals surface area contributed by atoms with Gasteiger partial charge in [0.25, 0.3) is 0 Å². The first-order valence-electron chi connectivity index (χ1n) is 11.8. The van der Waals surface area contributed by atoms with Crippen LogP contribution in [0.15, 0.2) is 30.6 Å². The van der Waals surface area contributed by atoms with Crippen molar-refractivity contribution < 1.29 is 9.13 Å². The van der Waals surface area contributed by atoms with Gasteiger partial charge in [-0.3, -0.25) is 4.98 Å². The second-order valence-corrected chi connectivity index (χ2v) is 9.86. The number of hydrogen-bond donors (Lipinski definition) is 3. The number of ether oxygens (including phenoxy) is 1. The molecular formula is C25H36FN5O. The summed E-state index contributed by atoms with van der Waals surface area (Å²) in [5.74, 6) is 0.352. The minimum atomic E-state index is -0.352. The summed E-state index contributed by atoms with van der Waals surface area (Å²) in [6.07, 6.45) is 9.88. The predicted molar refractivity (Wildman–Crippen MR) is 127 cm³/mol. The van der Waals surface area contributed by atoms with Gasteiger partial charge in [0.2, 0.25) is 0 Å². The molecule has 0 aliphatic heterocycles. The molecule has 0 bridgehead atoms. The maximum absolute atomic E-state index is 14.6. The van der Waals surface area contributed by atoms with Crippen molar-refractivity contribution in [2.75, 3.05) is 30.9 Å². The second kappa shape index (κ2) is 10.1. The third kappa shape index (κ3) is 6.17. The first-order valence-corrected chi connectivity index (χ1v) is 11.8. The maximum atomic E-state index is 14.6. The average molecular weight is 442 g/mol. The standard InChI is InChI=1S/C25H36FN5O/c1-17(15-32-3)30-18-4-6-19(7-5-18)31-24-13-21(22(26)14-28-24)23-12-20(8-11-27-23)29-16-25(2)9-10-25/h8,11-14,17-19,30H,4-7,9-10,15-16H2,1-3H3,(H,27,29)(H,28,31). The third-order valence-corrected chi connectivity index (χ3v) is 6.73. The Morgan fingerprint density at radius 2 is 1.91 bits per heavy atom. The smallest absolute Gasteiger partial charge is 0.151 e. The highest BCUT2D eigenvalue weighted by molar-refractivity contribution is 5.67. The third-order valence-electron chi connectivity index (χ3n) is 6.73. The molecule has 6 nitrogen and oxygen atoms in total. The van der Waals surface area contributed by atoms with Crippen LogP contribution in [0.3, 0.4) is 0 Å². The van der Waals surface area contributed by atoms with Gasteiger partial charge in [0, 0.05) is 49.2 Å². The first-order chi connectivity index (χ1) is 15.4. The summed E-state index contributed by atoms with van der Waals surface area (Å²) >= 11 is 0. The largest absolute Gasteiger partial charge is 0.384 e. The van der Waals surface area contributed by atoms with Crippen LogP contribution in [-0.2, 0) is 4.74 Å². The highest BCUT2D eigenvalue weighted by atomic mass is 19.1. The summed E-state index contributed by atoms with van der Waals surface area (Å²) in [7, 11) is 1.74. The minimum Gasteiger partial charge on any atom is -0.384 e. The lowest BCUT2D eigenvalue weighted by Crippen LogP contribution is -2.42. The maximum Gasteiger partial charge on any atom is 0.151 e. The van der Waals surface area contributed by atoms with Crippen LogP contribution in [0.5, 0.6) is 0 Å². The Bertz CT molecular complexity index is 896. The number of methoxy groups -OCH3 is 1. The van der Waals surface area contributed by atoms with E-state index in [1.54, 1.807) is 19.4 Å². The van der Waals surface area contributed by atoms with Crippen LogP contribution in [0.4, 0.5) is 15.9 Å². The molecule has 7 heteroatoms. The summed E-state index contributed by atoms with van der Waals surface area (Å²) in [4.78, 5) is 8.70. The van der Waals surface area contributed by atoms with Crippen molar-refractivity contribution in [2.24, 2.45) is 5.41 Å². The Kier molecular flexibility index (Phi) is 7.26. The van der Waals surface area contributed by atoms with Crippen molar-refractivity contribution in [3.63, 3.8) is 0 Å². The number of hydrogen-bond acceptors (Lipinski definition) is 6. The fraction of sp³-hybridized carbons (Fsp3) is 0.600. The zero-order valence-electron chi connectivity index (χ0n) is 19.5. The lowest BCUT2D eigenvalue weighted by atomic mass is 9.90. The minimum absolute atomic E-state index is 0.344. The van der Waals surface area contributed by atoms with E-state index in [1.807, 2.05) is 12.1 Å². The van der Waals surface area contributed by atoms with E-state index >= 15 is 0 Å². The first kappa shape index (κ1) is 22.9. The average Bonchev–Trinajstić information content (AvgIpc) is 3.53. The molecule has 2 aliphatic carbocycles. The lowest BCUT2D eigenvalue weighted by molar-refractivity contribution is 0.161. The van der Waals surface area contributed by atoms with E-state index in [0.717, 1.165) is 44.5 Å². The SMILES string of the molecule is COCC(C)NC1CCC(Nc2cc(-c3cc(NCC4(C)CC4)ccn3)c(F)cn2)CC1. The highest BCUT2D eigenvalue weighted by Crippen LogP contribution is 2.44. The molecule has 2 aromatic rings. The van der Waals surface area contributed by atoms with Gasteiger partial charge >= 0.3 is 0 Å². The molecule has 174 valence electrons. The van der Waals surface area contributed by atoms with E-state index in [4.69, 9.17) is 4.74 Å². The zero-order chi connectivity index (χ0) is 22.6. The van der Waals surface area contributed by atoms with Gasteiger partial charge in [0.05, 0.1) is 18.5 Å². The Morgan fingerprint density at radius 1 is 1.16 bits per heavy atom. The van der Waals surface area contributed by atoms with E-state index < -0.39 is 0 Å². The van der Waals surface area contributed by atoms with E-state index in [9.17, 15) is 4.39 Å². The van der Waals surface area contributed by atoms with Crippen molar-refractivity contribution in [1.29, 1.82) is 0 Å². The van der Waals surface area contributed by atoms with Crippen molar-refractivity contribution in [2.45, 2.75) is 70.5 Å². The zero-order valence-corrected chi connectivity index (χ0v) is 19.5. The van der Waals surface area contributed by atoms with Gasteiger partial charge in [-0.1, -0.05) is 6.92 Å². The molecular weight excluding hydrogens is 405 g/mol. The molecule has 0 saturated heterocycles. The number of halogens is 1. The summed E-state index contributed by atoms with van der Waals surface area (Å²) in [5, 5.41) is 10.6. The quantitative estimate of drug-likeness (QED) is 0.490. The van der Waals surface area contributed by atoms with E-state index in [-0.39, 0.29) is 5.82 Å². The number of aromatic nitrogens is 2. The van der Waals surface area contributed by atoms with Gasteiger partial charge in [0.15, 0.2) is 5.82 Å². The molecule has 0 radical (unpaired) electrons. The van der Waals surface area contributed by atoms with Gasteiger partial charge in [-0.05, 0) is 69.1 Å². The molecule has 1 atom stereocenters. The normalized spacial score (nSPS) is 22.9. The Labute approximate surface area is 190 Å². The summed E-state index contributed by atoms with van der Waals surface area (Å²) in [5.41, 5.74) is 2.48. The highest BCUT2D eigenvalue weighted by Gasteiger charge is 2.36. The molecule has 3 N–H and O–H groups in total. The van der Waals surface area contributed by atoms with E-state index in [0.29, 0.717) is 40.6 Å². The number of rotatable bonds is 10. The number of pyridine rings is 2. The van der Waals surface area contributed by atoms with Crippen LogP contribution in [0.1, 0.15) is 52.4 Å². The summed E-state index contributed by atoms with van der Waals surface area (Å²) < 4.78 is 19.8. The number of nitrogens with one attached hydrogen (secondary N) is 3. The van der Waals surface area contributed by atoms with Crippen LogP contribution in [-0.4, -0.2) is 48.4 Å². The molecule has 4 rings (SSSR count). The summed E-state index contributed by atoms with van der Waals surface area (Å²) in [6.45, 7) is 6.10. The van der Waals surface area contributed by atoms with E-state index in [2.05, 4.69) is 39.8 Å². The molecule has 32 heavy (non-hydrogen) atoms. The van der Waals surface area contributed by atoms with Crippen LogP contribution < -0.4 is 16.0 Å². The van der Waals surface area contributed by atoms with Crippen molar-refractivity contribution in [3.8, 4) is 11.3 Å². The summed E-state index contributed by atoms with van der Waals surface area (Å²) in [6, 6.07) is 6.87. The Hall–Kier alpha value is -2.25. The lowest BCUT2D eigenvalue weighted by Gasteiger charge is -2.31. The van der Waals surface area contributed by atoms with Crippen LogP contribution in [0.25, 0.3) is 11.3 Å². The van der Waals surface area contributed by atoms with Crippen molar-refractivity contribution >= 4 is 11.5 Å². The van der Waals surface area contributed by atoms with Crippen molar-refractivity contribution in [1.82, 2.24) is 15.3 Å². The van der Waals surface area contributed by atoms with Gasteiger partial charge in [-0.2, -0.15) is 0 Å².